The molecule has 1 aromatic heterocycles. The van der Waals surface area contributed by atoms with E-state index in [0.717, 1.165) is 55.6 Å². The van der Waals surface area contributed by atoms with Crippen LogP contribution < -0.4 is 20.7 Å². The summed E-state index contributed by atoms with van der Waals surface area (Å²) in [6.45, 7) is 0.491. The summed E-state index contributed by atoms with van der Waals surface area (Å²) in [5.74, 6) is -0.858. The first-order valence-corrected chi connectivity index (χ1v) is 14.6. The van der Waals surface area contributed by atoms with Gasteiger partial charge in [-0.15, -0.1) is 24.5 Å². The highest BCUT2D eigenvalue weighted by Crippen LogP contribution is 2.33. The Labute approximate surface area is 248 Å². The zero-order valence-corrected chi connectivity index (χ0v) is 23.8. The van der Waals surface area contributed by atoms with E-state index >= 15 is 0 Å². The molecule has 3 aromatic rings. The topological polar surface area (TPSA) is 79.5 Å². The summed E-state index contributed by atoms with van der Waals surface area (Å²) < 4.78 is 79.6. The Morgan fingerprint density at radius 2 is 1.53 bits per heavy atom. The molecule has 2 amide bonds. The molecule has 0 saturated heterocycles. The standard InChI is InChI=1S/C30H31F6N3O3S/c31-29(32,33)21-8-6-20(7-9-21)25-14-15-26(43-25)28(41)39-24(18-19-4-2-1-3-5-19)27(40)38-17-16-37-22-10-12-23(13-11-22)42-30(34,35)36/h6-15,19,24,37H,1-5,16-18H2,(H,38,40)(H,39,41)/t24-/m0/s1. The van der Waals surface area contributed by atoms with Crippen LogP contribution in [0, 0.1) is 5.92 Å². The van der Waals surface area contributed by atoms with Crippen molar-refractivity contribution in [3.05, 3.63) is 71.1 Å². The lowest BCUT2D eigenvalue weighted by Crippen LogP contribution is -2.48. The van der Waals surface area contributed by atoms with Crippen molar-refractivity contribution in [1.82, 2.24) is 10.6 Å². The van der Waals surface area contributed by atoms with E-state index in [1.807, 2.05) is 0 Å². The van der Waals surface area contributed by atoms with E-state index in [1.165, 1.54) is 36.4 Å². The maximum atomic E-state index is 13.1. The summed E-state index contributed by atoms with van der Waals surface area (Å²) in [4.78, 5) is 27.2. The third kappa shape index (κ3) is 9.91. The molecule has 1 fully saturated rings. The number of carbonyl (C=O) groups is 2. The van der Waals surface area contributed by atoms with Gasteiger partial charge in [-0.3, -0.25) is 9.59 Å². The van der Waals surface area contributed by atoms with Gasteiger partial charge in [-0.05, 0) is 66.4 Å². The number of rotatable bonds is 11. The summed E-state index contributed by atoms with van der Waals surface area (Å²) in [7, 11) is 0. The van der Waals surface area contributed by atoms with E-state index in [-0.39, 0.29) is 30.7 Å². The largest absolute Gasteiger partial charge is 0.573 e. The number of alkyl halides is 6. The van der Waals surface area contributed by atoms with Gasteiger partial charge in [0.25, 0.3) is 5.91 Å². The monoisotopic (exact) mass is 627 g/mol. The zero-order chi connectivity index (χ0) is 31.0. The van der Waals surface area contributed by atoms with Crippen molar-refractivity contribution in [3.63, 3.8) is 0 Å². The van der Waals surface area contributed by atoms with E-state index in [1.54, 1.807) is 12.1 Å². The van der Waals surface area contributed by atoms with Crippen molar-refractivity contribution in [2.75, 3.05) is 18.4 Å². The average molecular weight is 628 g/mol. The number of hydrogen-bond acceptors (Lipinski definition) is 5. The summed E-state index contributed by atoms with van der Waals surface area (Å²) in [6, 6.07) is 12.4. The van der Waals surface area contributed by atoms with Gasteiger partial charge in [0.1, 0.15) is 11.8 Å². The molecule has 4 rings (SSSR count). The van der Waals surface area contributed by atoms with Crippen molar-refractivity contribution in [2.24, 2.45) is 5.92 Å². The van der Waals surface area contributed by atoms with Gasteiger partial charge in [-0.2, -0.15) is 13.2 Å². The SMILES string of the molecule is O=C(N[C@@H](CC1CCCCC1)C(=O)NCCNc1ccc(OC(F)(F)F)cc1)c1ccc(-c2ccc(C(F)(F)F)cc2)s1. The fourth-order valence-corrected chi connectivity index (χ4v) is 5.86. The molecule has 0 aliphatic heterocycles. The Hall–Kier alpha value is -3.74. The number of amides is 2. The molecule has 3 N–H and O–H groups in total. The molecule has 1 aliphatic rings. The van der Waals surface area contributed by atoms with Crippen LogP contribution in [0.5, 0.6) is 5.75 Å². The van der Waals surface area contributed by atoms with Gasteiger partial charge in [0, 0.05) is 23.7 Å². The van der Waals surface area contributed by atoms with Crippen LogP contribution in [0.2, 0.25) is 0 Å². The number of thiophene rings is 1. The second-order valence-electron chi connectivity index (χ2n) is 10.3. The number of ether oxygens (including phenoxy) is 1. The van der Waals surface area contributed by atoms with E-state index in [9.17, 15) is 35.9 Å². The molecule has 2 aromatic carbocycles. The Kier molecular flexibility index (Phi) is 10.6. The first-order chi connectivity index (χ1) is 20.4. The van der Waals surface area contributed by atoms with E-state index < -0.39 is 30.1 Å². The maximum absolute atomic E-state index is 13.1. The lowest BCUT2D eigenvalue weighted by molar-refractivity contribution is -0.274. The van der Waals surface area contributed by atoms with Crippen LogP contribution in [0.3, 0.4) is 0 Å². The van der Waals surface area contributed by atoms with Gasteiger partial charge in [-0.25, -0.2) is 0 Å². The molecule has 43 heavy (non-hydrogen) atoms. The fourth-order valence-electron chi connectivity index (χ4n) is 4.95. The number of benzene rings is 2. The molecular formula is C30H31F6N3O3S. The minimum atomic E-state index is -4.78. The summed E-state index contributed by atoms with van der Waals surface area (Å²) >= 11 is 1.12. The molecule has 0 bridgehead atoms. The molecule has 13 heteroatoms. The van der Waals surface area contributed by atoms with Gasteiger partial charge in [0.05, 0.1) is 10.4 Å². The average Bonchev–Trinajstić information content (AvgIpc) is 3.46. The molecule has 0 unspecified atom stereocenters. The number of anilines is 1. The smallest absolute Gasteiger partial charge is 0.406 e. The van der Waals surface area contributed by atoms with Crippen LogP contribution in [0.15, 0.2) is 60.7 Å². The second-order valence-corrected chi connectivity index (χ2v) is 11.4. The summed E-state index contributed by atoms with van der Waals surface area (Å²) in [6.07, 6.45) is -3.56. The van der Waals surface area contributed by atoms with E-state index in [2.05, 4.69) is 20.7 Å². The van der Waals surface area contributed by atoms with Gasteiger partial charge < -0.3 is 20.7 Å². The third-order valence-corrected chi connectivity index (χ3v) is 8.22. The molecular weight excluding hydrogens is 596 g/mol. The molecule has 1 aliphatic carbocycles. The number of hydrogen-bond donors (Lipinski definition) is 3. The van der Waals surface area contributed by atoms with Crippen LogP contribution in [-0.2, 0) is 11.0 Å². The minimum Gasteiger partial charge on any atom is -0.406 e. The minimum absolute atomic E-state index is 0.202. The first kappa shape index (κ1) is 32.2. The summed E-state index contributed by atoms with van der Waals surface area (Å²) in [5, 5.41) is 8.66. The Morgan fingerprint density at radius 3 is 2.16 bits per heavy atom. The normalized spacial score (nSPS) is 15.0. The molecule has 0 spiro atoms. The van der Waals surface area contributed by atoms with Crippen LogP contribution in [-0.4, -0.2) is 37.3 Å². The molecule has 232 valence electrons. The van der Waals surface area contributed by atoms with Crippen LogP contribution in [0.25, 0.3) is 10.4 Å². The van der Waals surface area contributed by atoms with Gasteiger partial charge in [0.2, 0.25) is 5.91 Å². The Morgan fingerprint density at radius 1 is 0.860 bits per heavy atom. The molecule has 1 atom stereocenters. The lowest BCUT2D eigenvalue weighted by atomic mass is 9.84. The second kappa shape index (κ2) is 14.2. The van der Waals surface area contributed by atoms with E-state index in [0.29, 0.717) is 27.4 Å². The van der Waals surface area contributed by atoms with Crippen LogP contribution >= 0.6 is 11.3 Å². The fraction of sp³-hybridized carbons (Fsp3) is 0.400. The number of carbonyl (C=O) groups excluding carboxylic acids is 2. The van der Waals surface area contributed by atoms with Gasteiger partial charge in [0.15, 0.2) is 0 Å². The van der Waals surface area contributed by atoms with Crippen molar-refractivity contribution >= 4 is 28.8 Å². The third-order valence-electron chi connectivity index (χ3n) is 7.08. The lowest BCUT2D eigenvalue weighted by Gasteiger charge is -2.26. The van der Waals surface area contributed by atoms with E-state index in [4.69, 9.17) is 0 Å². The highest BCUT2D eigenvalue weighted by Gasteiger charge is 2.31. The molecule has 1 saturated carbocycles. The Bertz CT molecular complexity index is 1350. The predicted molar refractivity (Wildman–Crippen MR) is 152 cm³/mol. The number of nitrogens with one attached hydrogen (secondary N) is 3. The first-order valence-electron chi connectivity index (χ1n) is 13.8. The van der Waals surface area contributed by atoms with Crippen molar-refractivity contribution in [2.45, 2.75) is 57.1 Å². The predicted octanol–water partition coefficient (Wildman–Crippen LogP) is 7.63. The maximum Gasteiger partial charge on any atom is 0.573 e. The number of halogens is 6. The molecule has 6 nitrogen and oxygen atoms in total. The zero-order valence-electron chi connectivity index (χ0n) is 23.0. The molecule has 1 heterocycles. The highest BCUT2D eigenvalue weighted by atomic mass is 32.1. The quantitative estimate of drug-likeness (QED) is 0.151. The van der Waals surface area contributed by atoms with Gasteiger partial charge >= 0.3 is 12.5 Å². The van der Waals surface area contributed by atoms with Crippen molar-refractivity contribution < 1.29 is 40.7 Å². The highest BCUT2D eigenvalue weighted by molar-refractivity contribution is 7.17. The van der Waals surface area contributed by atoms with Crippen molar-refractivity contribution in [3.8, 4) is 16.2 Å². The Balaban J connectivity index is 1.33. The molecule has 0 radical (unpaired) electrons. The van der Waals surface area contributed by atoms with Crippen LogP contribution in [0.1, 0.15) is 53.8 Å². The van der Waals surface area contributed by atoms with Gasteiger partial charge in [-0.1, -0.05) is 44.2 Å². The summed E-state index contributed by atoms with van der Waals surface area (Å²) in [5.41, 5.74) is 0.326. The van der Waals surface area contributed by atoms with Crippen LogP contribution in [0.4, 0.5) is 32.0 Å². The van der Waals surface area contributed by atoms with Crippen molar-refractivity contribution in [1.29, 1.82) is 0 Å².